The van der Waals surface area contributed by atoms with Crippen molar-refractivity contribution < 1.29 is 22.7 Å². The normalized spacial score (nSPS) is 19.2. The van der Waals surface area contributed by atoms with Crippen molar-refractivity contribution in [3.8, 4) is 5.75 Å². The van der Waals surface area contributed by atoms with Crippen LogP contribution in [0.1, 0.15) is 34.0 Å². The van der Waals surface area contributed by atoms with E-state index in [9.17, 15) is 18.0 Å². The minimum atomic E-state index is -3.78. The molecule has 0 bridgehead atoms. The van der Waals surface area contributed by atoms with Crippen molar-refractivity contribution in [1.82, 2.24) is 9.21 Å². The van der Waals surface area contributed by atoms with Crippen molar-refractivity contribution in [2.45, 2.75) is 38.7 Å². The SMILES string of the molecule is Cc1ccc(C(=O)N2CCN(S(=O)(=O)c3cc4c(cc3C)NC(=O)C(C)O4)CC2)cc1C. The molecular weight excluding hydrogens is 430 g/mol. The molecule has 1 fully saturated rings. The number of anilines is 1. The van der Waals surface area contributed by atoms with Crippen LogP contribution in [-0.4, -0.2) is 61.7 Å². The lowest BCUT2D eigenvalue weighted by atomic mass is 10.1. The Bertz CT molecular complexity index is 1200. The number of rotatable bonds is 3. The summed E-state index contributed by atoms with van der Waals surface area (Å²) in [5.41, 5.74) is 3.77. The highest BCUT2D eigenvalue weighted by Crippen LogP contribution is 2.35. The lowest BCUT2D eigenvalue weighted by Gasteiger charge is -2.34. The van der Waals surface area contributed by atoms with E-state index in [1.807, 2.05) is 32.0 Å². The van der Waals surface area contributed by atoms with Gasteiger partial charge in [-0.3, -0.25) is 9.59 Å². The van der Waals surface area contributed by atoms with E-state index >= 15 is 0 Å². The van der Waals surface area contributed by atoms with Crippen LogP contribution in [-0.2, 0) is 14.8 Å². The summed E-state index contributed by atoms with van der Waals surface area (Å²) in [6, 6.07) is 8.70. The molecule has 32 heavy (non-hydrogen) atoms. The number of sulfonamides is 1. The highest BCUT2D eigenvalue weighted by Gasteiger charge is 2.33. The zero-order chi connectivity index (χ0) is 23.2. The maximum Gasteiger partial charge on any atom is 0.265 e. The van der Waals surface area contributed by atoms with Gasteiger partial charge in [-0.15, -0.1) is 0 Å². The molecule has 2 aromatic carbocycles. The summed E-state index contributed by atoms with van der Waals surface area (Å²) >= 11 is 0. The minimum absolute atomic E-state index is 0.0896. The Morgan fingerprint density at radius 2 is 1.69 bits per heavy atom. The van der Waals surface area contributed by atoms with E-state index in [0.29, 0.717) is 35.7 Å². The van der Waals surface area contributed by atoms with Crippen molar-refractivity contribution in [2.75, 3.05) is 31.5 Å². The van der Waals surface area contributed by atoms with Gasteiger partial charge in [0.1, 0.15) is 5.75 Å². The van der Waals surface area contributed by atoms with Crippen LogP contribution in [0.5, 0.6) is 5.75 Å². The molecule has 9 heteroatoms. The molecule has 170 valence electrons. The van der Waals surface area contributed by atoms with Crippen LogP contribution in [0.4, 0.5) is 5.69 Å². The summed E-state index contributed by atoms with van der Waals surface area (Å²) in [5, 5.41) is 2.73. The summed E-state index contributed by atoms with van der Waals surface area (Å²) < 4.78 is 33.7. The maximum atomic E-state index is 13.3. The average molecular weight is 458 g/mol. The Labute approximate surface area is 188 Å². The second kappa shape index (κ2) is 8.22. The van der Waals surface area contributed by atoms with Gasteiger partial charge in [-0.1, -0.05) is 6.07 Å². The summed E-state index contributed by atoms with van der Waals surface area (Å²) in [6.45, 7) is 8.32. The fraction of sp³-hybridized carbons (Fsp3) is 0.391. The first-order valence-electron chi connectivity index (χ1n) is 10.6. The van der Waals surface area contributed by atoms with Gasteiger partial charge in [0, 0.05) is 37.8 Å². The maximum absolute atomic E-state index is 13.3. The van der Waals surface area contributed by atoms with Crippen LogP contribution < -0.4 is 10.1 Å². The van der Waals surface area contributed by atoms with Crippen molar-refractivity contribution in [1.29, 1.82) is 0 Å². The Morgan fingerprint density at radius 3 is 2.34 bits per heavy atom. The Morgan fingerprint density at radius 1 is 1.00 bits per heavy atom. The standard InChI is InChI=1S/C23H27N3O5S/c1-14-5-6-18(11-15(14)2)23(28)25-7-9-26(10-8-25)32(29,30)21-13-20-19(12-16(21)3)24-22(27)17(4)31-20/h5-6,11-13,17H,7-10H2,1-4H3,(H,24,27). The van der Waals surface area contributed by atoms with Gasteiger partial charge in [0.05, 0.1) is 10.6 Å². The molecule has 0 saturated carbocycles. The van der Waals surface area contributed by atoms with Crippen LogP contribution >= 0.6 is 0 Å². The monoisotopic (exact) mass is 457 g/mol. The number of hydrogen-bond acceptors (Lipinski definition) is 5. The number of fused-ring (bicyclic) bond motifs is 1. The number of hydrogen-bond donors (Lipinski definition) is 1. The van der Waals surface area contributed by atoms with E-state index in [1.54, 1.807) is 24.8 Å². The second-order valence-corrected chi connectivity index (χ2v) is 10.3. The smallest absolute Gasteiger partial charge is 0.265 e. The first-order chi connectivity index (χ1) is 15.1. The average Bonchev–Trinajstić information content (AvgIpc) is 2.76. The zero-order valence-electron chi connectivity index (χ0n) is 18.6. The van der Waals surface area contributed by atoms with E-state index in [0.717, 1.165) is 11.1 Å². The Balaban J connectivity index is 1.51. The molecule has 2 heterocycles. The van der Waals surface area contributed by atoms with E-state index in [-0.39, 0.29) is 29.8 Å². The van der Waals surface area contributed by atoms with Gasteiger partial charge >= 0.3 is 0 Å². The third kappa shape index (κ3) is 3.98. The number of carbonyl (C=O) groups is 2. The molecule has 1 atom stereocenters. The fourth-order valence-corrected chi connectivity index (χ4v) is 5.59. The zero-order valence-corrected chi connectivity index (χ0v) is 19.5. The van der Waals surface area contributed by atoms with Crippen LogP contribution in [0.3, 0.4) is 0 Å². The predicted octanol–water partition coefficient (Wildman–Crippen LogP) is 2.48. The first kappa shape index (κ1) is 22.3. The molecule has 0 radical (unpaired) electrons. The Hall–Kier alpha value is -2.91. The summed E-state index contributed by atoms with van der Waals surface area (Å²) in [5.74, 6) is -0.0184. The molecule has 0 spiro atoms. The molecule has 1 N–H and O–H groups in total. The van der Waals surface area contributed by atoms with Crippen LogP contribution in [0.25, 0.3) is 0 Å². The summed E-state index contributed by atoms with van der Waals surface area (Å²) in [6.07, 6.45) is -0.694. The molecule has 2 aliphatic rings. The summed E-state index contributed by atoms with van der Waals surface area (Å²) in [7, 11) is -3.78. The number of piperazine rings is 1. The number of carbonyl (C=O) groups excluding carboxylic acids is 2. The quantitative estimate of drug-likeness (QED) is 0.764. The van der Waals surface area contributed by atoms with Crippen molar-refractivity contribution in [3.05, 3.63) is 52.6 Å². The number of ether oxygens (including phenoxy) is 1. The lowest BCUT2D eigenvalue weighted by Crippen LogP contribution is -2.50. The van der Waals surface area contributed by atoms with Crippen LogP contribution in [0.15, 0.2) is 35.2 Å². The van der Waals surface area contributed by atoms with Gasteiger partial charge < -0.3 is 15.0 Å². The van der Waals surface area contributed by atoms with Gasteiger partial charge in [-0.25, -0.2) is 8.42 Å². The number of nitrogens with zero attached hydrogens (tertiary/aromatic N) is 2. The molecular formula is C23H27N3O5S. The van der Waals surface area contributed by atoms with Crippen molar-refractivity contribution >= 4 is 27.5 Å². The highest BCUT2D eigenvalue weighted by atomic mass is 32.2. The van der Waals surface area contributed by atoms with E-state index in [4.69, 9.17) is 4.74 Å². The summed E-state index contributed by atoms with van der Waals surface area (Å²) in [4.78, 5) is 26.5. The van der Waals surface area contributed by atoms with Crippen LogP contribution in [0, 0.1) is 20.8 Å². The molecule has 2 aromatic rings. The van der Waals surface area contributed by atoms with Gasteiger partial charge in [0.15, 0.2) is 6.10 Å². The topological polar surface area (TPSA) is 96.0 Å². The van der Waals surface area contributed by atoms with Gasteiger partial charge in [0.25, 0.3) is 11.8 Å². The van der Waals surface area contributed by atoms with E-state index in [1.165, 1.54) is 10.4 Å². The predicted molar refractivity (Wildman–Crippen MR) is 120 cm³/mol. The highest BCUT2D eigenvalue weighted by molar-refractivity contribution is 7.89. The third-order valence-electron chi connectivity index (χ3n) is 6.11. The molecule has 0 aliphatic carbocycles. The first-order valence-corrected chi connectivity index (χ1v) is 12.0. The van der Waals surface area contributed by atoms with E-state index in [2.05, 4.69) is 5.32 Å². The molecule has 0 aromatic heterocycles. The van der Waals surface area contributed by atoms with E-state index < -0.39 is 16.1 Å². The molecule has 8 nitrogen and oxygen atoms in total. The number of amides is 2. The largest absolute Gasteiger partial charge is 0.479 e. The third-order valence-corrected chi connectivity index (χ3v) is 8.15. The number of benzene rings is 2. The molecule has 4 rings (SSSR count). The van der Waals surface area contributed by atoms with Crippen LogP contribution in [0.2, 0.25) is 0 Å². The minimum Gasteiger partial charge on any atom is -0.479 e. The molecule has 2 amide bonds. The molecule has 1 unspecified atom stereocenters. The fourth-order valence-electron chi connectivity index (χ4n) is 3.95. The van der Waals surface area contributed by atoms with Gasteiger partial charge in [-0.2, -0.15) is 4.31 Å². The Kier molecular flexibility index (Phi) is 5.72. The lowest BCUT2D eigenvalue weighted by molar-refractivity contribution is -0.122. The second-order valence-electron chi connectivity index (χ2n) is 8.36. The molecule has 1 saturated heterocycles. The van der Waals surface area contributed by atoms with Crippen molar-refractivity contribution in [3.63, 3.8) is 0 Å². The van der Waals surface area contributed by atoms with Gasteiger partial charge in [-0.05, 0) is 62.6 Å². The number of aryl methyl sites for hydroxylation is 3. The number of nitrogens with one attached hydrogen (secondary N) is 1. The molecule has 2 aliphatic heterocycles. The van der Waals surface area contributed by atoms with Crippen molar-refractivity contribution in [2.24, 2.45) is 0 Å². The van der Waals surface area contributed by atoms with Gasteiger partial charge in [0.2, 0.25) is 10.0 Å².